The number of aryl methyl sites for hydroxylation is 1. The average Bonchev–Trinajstić information content (AvgIpc) is 3.07. The van der Waals surface area contributed by atoms with Gasteiger partial charge in [-0.25, -0.2) is 4.68 Å². The third-order valence-electron chi connectivity index (χ3n) is 3.51. The fourth-order valence-electron chi connectivity index (χ4n) is 2.35. The van der Waals surface area contributed by atoms with Gasteiger partial charge in [-0.3, -0.25) is 14.7 Å². The molecule has 0 aliphatic rings. The highest BCUT2D eigenvalue weighted by Crippen LogP contribution is 2.33. The van der Waals surface area contributed by atoms with Gasteiger partial charge in [-0.15, -0.1) is 0 Å². The molecule has 1 aromatic carbocycles. The first-order valence-corrected chi connectivity index (χ1v) is 7.35. The monoisotopic (exact) mass is 363 g/mol. The van der Waals surface area contributed by atoms with Gasteiger partial charge in [0.05, 0.1) is 17.4 Å². The summed E-state index contributed by atoms with van der Waals surface area (Å²) in [5.41, 5.74) is -2.31. The third-order valence-corrected chi connectivity index (χ3v) is 3.51. The Morgan fingerprint density at radius 2 is 1.96 bits per heavy atom. The molecule has 0 bridgehead atoms. The Labute approximate surface area is 144 Å². The maximum absolute atomic E-state index is 13.3. The Kier molecular flexibility index (Phi) is 4.33. The highest BCUT2D eigenvalue weighted by atomic mass is 19.4. The molecule has 10 heteroatoms. The number of hydrogen-bond donors (Lipinski definition) is 2. The van der Waals surface area contributed by atoms with Gasteiger partial charge in [-0.2, -0.15) is 23.4 Å². The number of amides is 1. The summed E-state index contributed by atoms with van der Waals surface area (Å²) in [5, 5.41) is 12.3. The minimum Gasteiger partial charge on any atom is -0.305 e. The molecule has 3 aromatic rings. The van der Waals surface area contributed by atoms with E-state index in [1.54, 1.807) is 0 Å². The van der Waals surface area contributed by atoms with Crippen molar-refractivity contribution in [3.05, 3.63) is 69.8 Å². The number of halogens is 3. The number of carbonyl (C=O) groups is 1. The predicted molar refractivity (Wildman–Crippen MR) is 86.1 cm³/mol. The maximum Gasteiger partial charge on any atom is 0.418 e. The summed E-state index contributed by atoms with van der Waals surface area (Å²) in [6.45, 7) is 1.43. The minimum absolute atomic E-state index is 0.157. The van der Waals surface area contributed by atoms with Crippen molar-refractivity contribution in [3.63, 3.8) is 0 Å². The zero-order chi connectivity index (χ0) is 18.9. The quantitative estimate of drug-likeness (QED) is 0.748. The molecule has 0 aliphatic carbocycles. The van der Waals surface area contributed by atoms with Crippen LogP contribution in [0.25, 0.3) is 5.69 Å². The summed E-state index contributed by atoms with van der Waals surface area (Å²) < 4.78 is 40.7. The molecule has 2 aromatic heterocycles. The smallest absolute Gasteiger partial charge is 0.305 e. The summed E-state index contributed by atoms with van der Waals surface area (Å²) in [4.78, 5) is 24.3. The molecule has 2 N–H and O–H groups in total. The van der Waals surface area contributed by atoms with Gasteiger partial charge in [-0.1, -0.05) is 12.1 Å². The van der Waals surface area contributed by atoms with E-state index < -0.39 is 28.8 Å². The molecule has 3 rings (SSSR count). The van der Waals surface area contributed by atoms with E-state index in [1.165, 1.54) is 37.4 Å². The van der Waals surface area contributed by atoms with E-state index in [0.717, 1.165) is 16.8 Å². The van der Waals surface area contributed by atoms with Crippen molar-refractivity contribution in [1.29, 1.82) is 0 Å². The van der Waals surface area contributed by atoms with Crippen molar-refractivity contribution in [1.82, 2.24) is 20.0 Å². The second-order valence-electron chi connectivity index (χ2n) is 5.35. The highest BCUT2D eigenvalue weighted by molar-refractivity contribution is 6.02. The molecule has 1 amide bonds. The number of aromatic nitrogens is 4. The number of rotatable bonds is 3. The van der Waals surface area contributed by atoms with Crippen LogP contribution in [0, 0.1) is 6.92 Å². The number of carbonyl (C=O) groups excluding carboxylic acids is 1. The fraction of sp³-hybridized carbons (Fsp3) is 0.125. The largest absolute Gasteiger partial charge is 0.418 e. The molecule has 0 unspecified atom stereocenters. The summed E-state index contributed by atoms with van der Waals surface area (Å²) in [6.07, 6.45) is -3.23. The molecule has 0 saturated carbocycles. The molecule has 0 radical (unpaired) electrons. The standard InChI is InChI=1S/C16H12F3N5O2/c1-9-8-12(25)14(15(26)21-13-6-7-20-22-13)23-24(9)11-5-3-2-4-10(11)16(17,18)19/h2-8H,1H3,(H2,20,21,22,26). The first kappa shape index (κ1) is 17.4. The van der Waals surface area contributed by atoms with Crippen LogP contribution in [0.4, 0.5) is 19.0 Å². The van der Waals surface area contributed by atoms with Gasteiger partial charge in [0.25, 0.3) is 5.91 Å². The second-order valence-corrected chi connectivity index (χ2v) is 5.35. The van der Waals surface area contributed by atoms with E-state index in [2.05, 4.69) is 20.6 Å². The Morgan fingerprint density at radius 1 is 1.23 bits per heavy atom. The molecule has 0 aliphatic heterocycles. The number of H-pyrrole nitrogens is 1. The van der Waals surface area contributed by atoms with Gasteiger partial charge in [0.1, 0.15) is 5.82 Å². The van der Waals surface area contributed by atoms with Crippen molar-refractivity contribution in [2.24, 2.45) is 0 Å². The second kappa shape index (κ2) is 6.47. The van der Waals surface area contributed by atoms with Crippen molar-refractivity contribution in [2.75, 3.05) is 5.32 Å². The first-order valence-electron chi connectivity index (χ1n) is 7.35. The summed E-state index contributed by atoms with van der Waals surface area (Å²) in [6, 6.07) is 7.28. The van der Waals surface area contributed by atoms with Crippen LogP contribution in [0.1, 0.15) is 21.7 Å². The number of alkyl halides is 3. The third kappa shape index (κ3) is 3.34. The van der Waals surface area contributed by atoms with Gasteiger partial charge in [0.15, 0.2) is 5.69 Å². The Morgan fingerprint density at radius 3 is 2.62 bits per heavy atom. The molecule has 26 heavy (non-hydrogen) atoms. The zero-order valence-electron chi connectivity index (χ0n) is 13.3. The topological polar surface area (TPSA) is 92.7 Å². The molecule has 0 fully saturated rings. The molecule has 2 heterocycles. The van der Waals surface area contributed by atoms with Crippen LogP contribution >= 0.6 is 0 Å². The van der Waals surface area contributed by atoms with Crippen LogP contribution in [0.5, 0.6) is 0 Å². The fourth-order valence-corrected chi connectivity index (χ4v) is 2.35. The van der Waals surface area contributed by atoms with E-state index in [9.17, 15) is 22.8 Å². The SMILES string of the molecule is Cc1cc(=O)c(C(=O)Nc2ccn[nH]2)nn1-c1ccccc1C(F)(F)F. The number of anilines is 1. The Balaban J connectivity index is 2.10. The molecule has 0 saturated heterocycles. The van der Waals surface area contributed by atoms with Crippen LogP contribution in [0.2, 0.25) is 0 Å². The number of hydrogen-bond acceptors (Lipinski definition) is 4. The van der Waals surface area contributed by atoms with Gasteiger partial charge in [0.2, 0.25) is 5.43 Å². The van der Waals surface area contributed by atoms with E-state index in [1.807, 2.05) is 0 Å². The lowest BCUT2D eigenvalue weighted by molar-refractivity contribution is -0.137. The molecular weight excluding hydrogens is 351 g/mol. The predicted octanol–water partition coefficient (Wildman–Crippen LogP) is 2.54. The summed E-state index contributed by atoms with van der Waals surface area (Å²) in [7, 11) is 0. The van der Waals surface area contributed by atoms with Crippen molar-refractivity contribution in [3.8, 4) is 5.69 Å². The van der Waals surface area contributed by atoms with Gasteiger partial charge < -0.3 is 5.32 Å². The Hall–Kier alpha value is -3.43. The molecule has 7 nitrogen and oxygen atoms in total. The molecule has 0 atom stereocenters. The maximum atomic E-state index is 13.3. The van der Waals surface area contributed by atoms with Crippen molar-refractivity contribution in [2.45, 2.75) is 13.1 Å². The van der Waals surface area contributed by atoms with Crippen LogP contribution in [-0.2, 0) is 6.18 Å². The lowest BCUT2D eigenvalue weighted by atomic mass is 10.1. The van der Waals surface area contributed by atoms with Gasteiger partial charge in [0, 0.05) is 17.8 Å². The van der Waals surface area contributed by atoms with E-state index in [0.29, 0.717) is 0 Å². The van der Waals surface area contributed by atoms with E-state index >= 15 is 0 Å². The number of nitrogens with one attached hydrogen (secondary N) is 2. The van der Waals surface area contributed by atoms with E-state index in [-0.39, 0.29) is 17.2 Å². The minimum atomic E-state index is -4.62. The summed E-state index contributed by atoms with van der Waals surface area (Å²) >= 11 is 0. The lowest BCUT2D eigenvalue weighted by Gasteiger charge is -2.16. The average molecular weight is 363 g/mol. The molecule has 0 spiro atoms. The van der Waals surface area contributed by atoms with Crippen LogP contribution in [0.15, 0.2) is 47.4 Å². The van der Waals surface area contributed by atoms with Crippen molar-refractivity contribution >= 4 is 11.7 Å². The number of nitrogens with zero attached hydrogens (tertiary/aromatic N) is 3. The van der Waals surface area contributed by atoms with Gasteiger partial charge >= 0.3 is 6.18 Å². The number of aromatic amines is 1. The van der Waals surface area contributed by atoms with Crippen LogP contribution in [0.3, 0.4) is 0 Å². The summed E-state index contributed by atoms with van der Waals surface area (Å²) in [5.74, 6) is -0.642. The number of benzene rings is 1. The first-order chi connectivity index (χ1) is 12.3. The van der Waals surface area contributed by atoms with Crippen molar-refractivity contribution < 1.29 is 18.0 Å². The highest BCUT2D eigenvalue weighted by Gasteiger charge is 2.34. The zero-order valence-corrected chi connectivity index (χ0v) is 13.3. The lowest BCUT2D eigenvalue weighted by Crippen LogP contribution is -2.27. The van der Waals surface area contributed by atoms with E-state index in [4.69, 9.17) is 0 Å². The normalized spacial score (nSPS) is 11.4. The van der Waals surface area contributed by atoms with Crippen LogP contribution in [-0.4, -0.2) is 25.9 Å². The Bertz CT molecular complexity index is 1010. The van der Waals surface area contributed by atoms with Gasteiger partial charge in [-0.05, 0) is 19.1 Å². The number of para-hydroxylation sites is 1. The molecule has 134 valence electrons. The molecular formula is C16H12F3N5O2. The van der Waals surface area contributed by atoms with Crippen LogP contribution < -0.4 is 10.7 Å².